The van der Waals surface area contributed by atoms with Gasteiger partial charge in [0.2, 0.25) is 11.8 Å². The molecule has 0 aliphatic carbocycles. The molecule has 0 unspecified atom stereocenters. The molecule has 160 valence electrons. The van der Waals surface area contributed by atoms with E-state index in [4.69, 9.17) is 0 Å². The van der Waals surface area contributed by atoms with Gasteiger partial charge in [0.15, 0.2) is 12.6 Å². The minimum Gasteiger partial charge on any atom is -0.468 e. The number of hydrogen-bond acceptors (Lipinski definition) is 4. The van der Waals surface area contributed by atoms with E-state index in [0.29, 0.717) is 18.1 Å². The van der Waals surface area contributed by atoms with Crippen molar-refractivity contribution in [3.8, 4) is 5.88 Å². The fraction of sp³-hybridized carbons (Fsp3) is 0.588. The standard InChI is InChI=1S/C17H26F3N5O2.HI/c1-5-21-15(24-10-13(26)25-16(2,3)4)23-9-12-6-7-14(22-8-12)27-11-17(18,19)20;/h6-8H,5,9-11H2,1-4H3,(H,25,26)(H2,21,23,24);1H. The highest BCUT2D eigenvalue weighted by molar-refractivity contribution is 14.0. The number of alkyl halides is 3. The van der Waals surface area contributed by atoms with E-state index in [1.807, 2.05) is 27.7 Å². The fourth-order valence-electron chi connectivity index (χ4n) is 1.88. The minimum atomic E-state index is -4.41. The maximum absolute atomic E-state index is 12.1. The number of ether oxygens (including phenoxy) is 1. The highest BCUT2D eigenvalue weighted by Gasteiger charge is 2.28. The van der Waals surface area contributed by atoms with E-state index in [2.05, 4.69) is 30.7 Å². The number of pyridine rings is 1. The number of nitrogens with zero attached hydrogens (tertiary/aromatic N) is 2. The summed E-state index contributed by atoms with van der Waals surface area (Å²) in [4.78, 5) is 20.0. The van der Waals surface area contributed by atoms with Crippen LogP contribution in [-0.2, 0) is 11.3 Å². The van der Waals surface area contributed by atoms with Crippen molar-refractivity contribution in [2.45, 2.75) is 46.0 Å². The van der Waals surface area contributed by atoms with E-state index in [1.165, 1.54) is 12.3 Å². The number of hydrogen-bond donors (Lipinski definition) is 3. The number of guanidine groups is 1. The number of aliphatic imine (C=N–C) groups is 1. The Balaban J connectivity index is 0.00000729. The second-order valence-electron chi connectivity index (χ2n) is 6.76. The second-order valence-corrected chi connectivity index (χ2v) is 6.76. The van der Waals surface area contributed by atoms with E-state index in [-0.39, 0.29) is 54.4 Å². The Morgan fingerprint density at radius 2 is 1.89 bits per heavy atom. The predicted octanol–water partition coefficient (Wildman–Crippen LogP) is 2.61. The third-order valence-electron chi connectivity index (χ3n) is 2.88. The van der Waals surface area contributed by atoms with Gasteiger partial charge in [-0.1, -0.05) is 6.07 Å². The molecule has 1 rings (SSSR count). The molecule has 28 heavy (non-hydrogen) atoms. The lowest BCUT2D eigenvalue weighted by Gasteiger charge is -2.21. The van der Waals surface area contributed by atoms with Crippen molar-refractivity contribution in [3.63, 3.8) is 0 Å². The Bertz CT molecular complexity index is 631. The highest BCUT2D eigenvalue weighted by atomic mass is 127. The SMILES string of the molecule is CCNC(=NCc1ccc(OCC(F)(F)F)nc1)NCC(=O)NC(C)(C)C.I. The van der Waals surface area contributed by atoms with E-state index < -0.39 is 12.8 Å². The molecule has 0 fully saturated rings. The molecule has 3 N–H and O–H groups in total. The van der Waals surface area contributed by atoms with Gasteiger partial charge in [-0.05, 0) is 33.3 Å². The molecule has 1 heterocycles. The van der Waals surface area contributed by atoms with Gasteiger partial charge in [0.05, 0.1) is 13.1 Å². The Hall–Kier alpha value is -1.79. The predicted molar refractivity (Wildman–Crippen MR) is 112 cm³/mol. The van der Waals surface area contributed by atoms with Crippen LogP contribution >= 0.6 is 24.0 Å². The Morgan fingerprint density at radius 1 is 1.21 bits per heavy atom. The number of amides is 1. The first kappa shape index (κ1) is 26.2. The van der Waals surface area contributed by atoms with Crippen LogP contribution in [0.3, 0.4) is 0 Å². The topological polar surface area (TPSA) is 87.6 Å². The summed E-state index contributed by atoms with van der Waals surface area (Å²) in [5, 5.41) is 8.76. The molecule has 0 bridgehead atoms. The quantitative estimate of drug-likeness (QED) is 0.294. The molecule has 0 aliphatic heterocycles. The number of nitrogens with one attached hydrogen (secondary N) is 3. The van der Waals surface area contributed by atoms with Crippen molar-refractivity contribution in [1.29, 1.82) is 0 Å². The van der Waals surface area contributed by atoms with Crippen LogP contribution < -0.4 is 20.7 Å². The van der Waals surface area contributed by atoms with Gasteiger partial charge in [0.25, 0.3) is 0 Å². The molecule has 0 saturated heterocycles. The van der Waals surface area contributed by atoms with E-state index >= 15 is 0 Å². The van der Waals surface area contributed by atoms with Gasteiger partial charge in [-0.3, -0.25) is 4.79 Å². The summed E-state index contributed by atoms with van der Waals surface area (Å²) in [6.07, 6.45) is -3.01. The van der Waals surface area contributed by atoms with Crippen LogP contribution in [0.5, 0.6) is 5.88 Å². The molecule has 0 aliphatic rings. The van der Waals surface area contributed by atoms with Gasteiger partial charge in [0, 0.05) is 24.3 Å². The Labute approximate surface area is 179 Å². The molecule has 1 aromatic rings. The molecule has 0 spiro atoms. The molecule has 0 atom stereocenters. The van der Waals surface area contributed by atoms with E-state index in [1.54, 1.807) is 6.07 Å². The summed E-state index contributed by atoms with van der Waals surface area (Å²) in [6, 6.07) is 2.94. The molecule has 11 heteroatoms. The average Bonchev–Trinajstić information content (AvgIpc) is 2.54. The van der Waals surface area contributed by atoms with Crippen LogP contribution in [0, 0.1) is 0 Å². The van der Waals surface area contributed by atoms with Crippen molar-refractivity contribution < 1.29 is 22.7 Å². The zero-order valence-electron chi connectivity index (χ0n) is 16.3. The smallest absolute Gasteiger partial charge is 0.422 e. The molecule has 1 aromatic heterocycles. The lowest BCUT2D eigenvalue weighted by atomic mass is 10.1. The van der Waals surface area contributed by atoms with Crippen molar-refractivity contribution in [1.82, 2.24) is 20.9 Å². The summed E-state index contributed by atoms with van der Waals surface area (Å²) in [5.41, 5.74) is 0.362. The lowest BCUT2D eigenvalue weighted by Crippen LogP contribution is -2.48. The largest absolute Gasteiger partial charge is 0.468 e. The zero-order chi connectivity index (χ0) is 20.5. The van der Waals surface area contributed by atoms with Gasteiger partial charge in [-0.2, -0.15) is 13.2 Å². The number of aromatic nitrogens is 1. The molecule has 0 radical (unpaired) electrons. The summed E-state index contributed by atoms with van der Waals surface area (Å²) >= 11 is 0. The Kier molecular flexibility index (Phi) is 11.2. The van der Waals surface area contributed by atoms with Crippen molar-refractivity contribution in [3.05, 3.63) is 23.9 Å². The third kappa shape index (κ3) is 12.6. The summed E-state index contributed by atoms with van der Waals surface area (Å²) in [7, 11) is 0. The highest BCUT2D eigenvalue weighted by Crippen LogP contribution is 2.17. The van der Waals surface area contributed by atoms with Gasteiger partial charge in [0.1, 0.15) is 0 Å². The summed E-state index contributed by atoms with van der Waals surface area (Å²) < 4.78 is 40.9. The van der Waals surface area contributed by atoms with Crippen molar-refractivity contribution >= 4 is 35.8 Å². The maximum atomic E-state index is 12.1. The van der Waals surface area contributed by atoms with Crippen LogP contribution in [0.25, 0.3) is 0 Å². The van der Waals surface area contributed by atoms with Crippen LogP contribution in [0.1, 0.15) is 33.3 Å². The van der Waals surface area contributed by atoms with Gasteiger partial charge in [-0.25, -0.2) is 9.98 Å². The first-order chi connectivity index (χ1) is 12.5. The second kappa shape index (κ2) is 11.9. The lowest BCUT2D eigenvalue weighted by molar-refractivity contribution is -0.154. The molecule has 0 saturated carbocycles. The van der Waals surface area contributed by atoms with Gasteiger partial charge in [-0.15, -0.1) is 24.0 Å². The molecule has 0 aromatic carbocycles. The number of rotatable bonds is 7. The maximum Gasteiger partial charge on any atom is 0.422 e. The molecular formula is C17H27F3IN5O2. The van der Waals surface area contributed by atoms with Crippen LogP contribution in [0.15, 0.2) is 23.3 Å². The fourth-order valence-corrected chi connectivity index (χ4v) is 1.88. The van der Waals surface area contributed by atoms with Crippen molar-refractivity contribution in [2.75, 3.05) is 19.7 Å². The van der Waals surface area contributed by atoms with Crippen LogP contribution in [0.4, 0.5) is 13.2 Å². The van der Waals surface area contributed by atoms with Crippen LogP contribution in [-0.4, -0.2) is 48.3 Å². The minimum absolute atomic E-state index is 0. The number of carbonyl (C=O) groups is 1. The first-order valence-electron chi connectivity index (χ1n) is 8.46. The Morgan fingerprint density at radius 3 is 2.39 bits per heavy atom. The molecule has 1 amide bonds. The monoisotopic (exact) mass is 517 g/mol. The van der Waals surface area contributed by atoms with Crippen LogP contribution in [0.2, 0.25) is 0 Å². The third-order valence-corrected chi connectivity index (χ3v) is 2.88. The van der Waals surface area contributed by atoms with E-state index in [9.17, 15) is 18.0 Å². The zero-order valence-corrected chi connectivity index (χ0v) is 18.6. The summed E-state index contributed by atoms with van der Waals surface area (Å²) in [5.74, 6) is 0.170. The average molecular weight is 517 g/mol. The molecular weight excluding hydrogens is 490 g/mol. The number of halogens is 4. The van der Waals surface area contributed by atoms with Gasteiger partial charge >= 0.3 is 6.18 Å². The van der Waals surface area contributed by atoms with E-state index in [0.717, 1.165) is 0 Å². The summed E-state index contributed by atoms with van der Waals surface area (Å²) in [6.45, 7) is 7.07. The first-order valence-corrected chi connectivity index (χ1v) is 8.46. The number of carbonyl (C=O) groups excluding carboxylic acids is 1. The normalized spacial score (nSPS) is 12.0. The van der Waals surface area contributed by atoms with Gasteiger partial charge < -0.3 is 20.7 Å². The molecule has 7 nitrogen and oxygen atoms in total. The van der Waals surface area contributed by atoms with Crippen molar-refractivity contribution in [2.24, 2.45) is 4.99 Å².